The van der Waals surface area contributed by atoms with E-state index >= 15 is 0 Å². The summed E-state index contributed by atoms with van der Waals surface area (Å²) in [6, 6.07) is 1.91. The van der Waals surface area contributed by atoms with Crippen LogP contribution in [0.2, 0.25) is 0 Å². The number of nitrogens with zero attached hydrogens (tertiary/aromatic N) is 4. The highest BCUT2D eigenvalue weighted by atomic mass is 19.1. The average molecular weight is 270 g/mol. The minimum absolute atomic E-state index is 0.0306. The molecular formula is C11H12F2N4O2. The molecule has 2 saturated heterocycles. The van der Waals surface area contributed by atoms with Crippen LogP contribution in [0.3, 0.4) is 0 Å². The molecule has 0 unspecified atom stereocenters. The van der Waals surface area contributed by atoms with Gasteiger partial charge in [-0.1, -0.05) is 0 Å². The Bertz CT molecular complexity index is 447. The van der Waals surface area contributed by atoms with Crippen molar-refractivity contribution in [3.63, 3.8) is 0 Å². The number of carbonyl (C=O) groups excluding carboxylic acids is 1. The fraction of sp³-hybridized carbons (Fsp3) is 0.727. The van der Waals surface area contributed by atoms with Gasteiger partial charge >= 0.3 is 6.09 Å². The van der Waals surface area contributed by atoms with Gasteiger partial charge < -0.3 is 4.84 Å². The first-order chi connectivity index (χ1) is 9.05. The molecule has 0 bridgehead atoms. The summed E-state index contributed by atoms with van der Waals surface area (Å²) in [5.74, 6) is 0. The highest BCUT2D eigenvalue weighted by molar-refractivity contribution is 5.69. The van der Waals surface area contributed by atoms with E-state index in [1.54, 1.807) is 0 Å². The zero-order valence-corrected chi connectivity index (χ0v) is 10.00. The monoisotopic (exact) mass is 270 g/mol. The Kier molecular flexibility index (Phi) is 3.82. The maximum absolute atomic E-state index is 13.2. The molecule has 2 rings (SSSR count). The molecule has 0 N–H and O–H groups in total. The van der Waals surface area contributed by atoms with E-state index in [9.17, 15) is 13.6 Å². The average Bonchev–Trinajstić information content (AvgIpc) is 2.92. The van der Waals surface area contributed by atoms with E-state index in [0.717, 1.165) is 9.96 Å². The number of amides is 1. The molecule has 6 nitrogen and oxygen atoms in total. The van der Waals surface area contributed by atoms with Crippen LogP contribution in [-0.2, 0) is 4.84 Å². The van der Waals surface area contributed by atoms with Crippen LogP contribution in [-0.4, -0.2) is 53.6 Å². The number of hydrogen-bond donors (Lipinski definition) is 0. The van der Waals surface area contributed by atoms with Crippen LogP contribution in [0, 0.1) is 22.7 Å². The van der Waals surface area contributed by atoms with Crippen molar-refractivity contribution in [1.29, 1.82) is 10.5 Å². The molecular weight excluding hydrogens is 258 g/mol. The summed E-state index contributed by atoms with van der Waals surface area (Å²) in [6.07, 6.45) is -3.51. The van der Waals surface area contributed by atoms with Crippen LogP contribution in [0.4, 0.5) is 13.6 Å². The number of hydroxylamine groups is 2. The number of halogens is 2. The molecule has 0 aromatic carbocycles. The van der Waals surface area contributed by atoms with Gasteiger partial charge in [-0.2, -0.15) is 10.5 Å². The van der Waals surface area contributed by atoms with Gasteiger partial charge in [0.15, 0.2) is 0 Å². The maximum atomic E-state index is 13.2. The van der Waals surface area contributed by atoms with E-state index in [4.69, 9.17) is 15.4 Å². The molecule has 4 atom stereocenters. The van der Waals surface area contributed by atoms with Crippen molar-refractivity contribution in [1.82, 2.24) is 9.96 Å². The Morgan fingerprint density at radius 2 is 1.68 bits per heavy atom. The van der Waals surface area contributed by atoms with E-state index in [1.807, 2.05) is 12.1 Å². The van der Waals surface area contributed by atoms with Gasteiger partial charge in [-0.15, -0.1) is 5.06 Å². The summed E-state index contributed by atoms with van der Waals surface area (Å²) in [5.41, 5.74) is 0. The lowest BCUT2D eigenvalue weighted by molar-refractivity contribution is -0.112. The highest BCUT2D eigenvalue weighted by Gasteiger charge is 2.40. The predicted octanol–water partition coefficient (Wildman–Crippen LogP) is 0.910. The Morgan fingerprint density at radius 3 is 2.32 bits per heavy atom. The second-order valence-corrected chi connectivity index (χ2v) is 4.56. The summed E-state index contributed by atoms with van der Waals surface area (Å²) in [4.78, 5) is 17.6. The Hall–Kier alpha value is -1.93. The van der Waals surface area contributed by atoms with Crippen LogP contribution in [0.15, 0.2) is 0 Å². The third-order valence-corrected chi connectivity index (χ3v) is 3.18. The van der Waals surface area contributed by atoms with E-state index in [2.05, 4.69) is 0 Å². The van der Waals surface area contributed by atoms with Gasteiger partial charge in [-0.05, 0) is 0 Å². The zero-order valence-electron chi connectivity index (χ0n) is 10.00. The zero-order chi connectivity index (χ0) is 14.0. The molecule has 2 heterocycles. The van der Waals surface area contributed by atoms with Crippen molar-refractivity contribution in [2.75, 3.05) is 13.1 Å². The number of rotatable bonds is 1. The van der Waals surface area contributed by atoms with Gasteiger partial charge in [-0.25, -0.2) is 13.6 Å². The SMILES string of the molecule is N#C[C@@H]1C[C@@H](F)CN1OC(=O)N1C[C@H](F)C[C@H]1C#N. The van der Waals surface area contributed by atoms with Gasteiger partial charge in [0, 0.05) is 12.8 Å². The lowest BCUT2D eigenvalue weighted by Gasteiger charge is -2.23. The highest BCUT2D eigenvalue weighted by Crippen LogP contribution is 2.24. The molecule has 2 aliphatic heterocycles. The molecule has 0 radical (unpaired) electrons. The van der Waals surface area contributed by atoms with Crippen molar-refractivity contribution >= 4 is 6.09 Å². The third-order valence-electron chi connectivity index (χ3n) is 3.18. The largest absolute Gasteiger partial charge is 0.430 e. The van der Waals surface area contributed by atoms with Crippen molar-refractivity contribution in [2.24, 2.45) is 0 Å². The smallest absolute Gasteiger partial charge is 0.349 e. The molecule has 8 heteroatoms. The van der Waals surface area contributed by atoms with Crippen LogP contribution < -0.4 is 0 Å². The van der Waals surface area contributed by atoms with E-state index < -0.39 is 30.5 Å². The minimum atomic E-state index is -1.27. The van der Waals surface area contributed by atoms with Crippen LogP contribution in [0.5, 0.6) is 0 Å². The van der Waals surface area contributed by atoms with Crippen molar-refractivity contribution in [2.45, 2.75) is 37.3 Å². The fourth-order valence-corrected chi connectivity index (χ4v) is 2.24. The molecule has 2 fully saturated rings. The Labute approximate surface area is 108 Å². The summed E-state index contributed by atoms with van der Waals surface area (Å²) in [6.45, 7) is -0.407. The fourth-order valence-electron chi connectivity index (χ4n) is 2.24. The lowest BCUT2D eigenvalue weighted by Crippen LogP contribution is -2.41. The Morgan fingerprint density at radius 1 is 1.11 bits per heavy atom. The molecule has 0 saturated carbocycles. The van der Waals surface area contributed by atoms with Crippen molar-refractivity contribution in [3.8, 4) is 12.1 Å². The first-order valence-electron chi connectivity index (χ1n) is 5.87. The first kappa shape index (κ1) is 13.5. The quantitative estimate of drug-likeness (QED) is 0.707. The number of nitriles is 2. The van der Waals surface area contributed by atoms with Crippen LogP contribution in [0.25, 0.3) is 0 Å². The number of carbonyl (C=O) groups is 1. The Balaban J connectivity index is 1.98. The van der Waals surface area contributed by atoms with Gasteiger partial charge in [0.25, 0.3) is 0 Å². The number of likely N-dealkylation sites (tertiary alicyclic amines) is 1. The van der Waals surface area contributed by atoms with E-state index in [0.29, 0.717) is 0 Å². The molecule has 0 aromatic heterocycles. The van der Waals surface area contributed by atoms with Crippen LogP contribution in [0.1, 0.15) is 12.8 Å². The maximum Gasteiger partial charge on any atom is 0.430 e. The third kappa shape index (κ3) is 2.74. The van der Waals surface area contributed by atoms with Crippen molar-refractivity contribution in [3.05, 3.63) is 0 Å². The summed E-state index contributed by atoms with van der Waals surface area (Å²) in [7, 11) is 0. The number of alkyl halides is 2. The summed E-state index contributed by atoms with van der Waals surface area (Å²) >= 11 is 0. The predicted molar refractivity (Wildman–Crippen MR) is 57.7 cm³/mol. The summed E-state index contributed by atoms with van der Waals surface area (Å²) < 4.78 is 26.3. The molecule has 0 aliphatic carbocycles. The van der Waals surface area contributed by atoms with Crippen molar-refractivity contribution < 1.29 is 18.4 Å². The van der Waals surface area contributed by atoms with Crippen LogP contribution >= 0.6 is 0 Å². The molecule has 19 heavy (non-hydrogen) atoms. The first-order valence-corrected chi connectivity index (χ1v) is 5.87. The molecule has 1 amide bonds. The lowest BCUT2D eigenvalue weighted by atomic mass is 10.2. The standard InChI is InChI=1S/C11H12F2N4O2/c12-7-1-9(3-14)16(5-7)11(18)19-17-6-8(13)2-10(17)4-15/h7-10H,1-2,5-6H2/t7-,8-,9+,10+/m1/s1. The number of hydrogen-bond acceptors (Lipinski definition) is 5. The van der Waals surface area contributed by atoms with Gasteiger partial charge in [0.05, 0.1) is 25.2 Å². The van der Waals surface area contributed by atoms with Gasteiger partial charge in [0.1, 0.15) is 24.4 Å². The van der Waals surface area contributed by atoms with E-state index in [-0.39, 0.29) is 25.9 Å². The second kappa shape index (κ2) is 5.37. The molecule has 0 spiro atoms. The normalized spacial score (nSPS) is 34.8. The molecule has 0 aromatic rings. The van der Waals surface area contributed by atoms with E-state index in [1.165, 1.54) is 0 Å². The molecule has 102 valence electrons. The minimum Gasteiger partial charge on any atom is -0.349 e. The van der Waals surface area contributed by atoms with Gasteiger partial charge in [-0.3, -0.25) is 4.90 Å². The topological polar surface area (TPSA) is 80.4 Å². The summed E-state index contributed by atoms with van der Waals surface area (Å²) in [5, 5.41) is 18.6. The van der Waals surface area contributed by atoms with Gasteiger partial charge in [0.2, 0.25) is 0 Å². The molecule has 2 aliphatic rings. The second-order valence-electron chi connectivity index (χ2n) is 4.56.